The average Bonchev–Trinajstić information content (AvgIpc) is 3.29. The van der Waals surface area contributed by atoms with Gasteiger partial charge in [-0.25, -0.2) is 0 Å². The largest absolute Gasteiger partial charge is 0.459 e. The molecule has 2 heterocycles. The number of carbonyl (C=O) groups excluding carboxylic acids is 2. The number of amides is 2. The maximum absolute atomic E-state index is 12.4. The molecule has 0 saturated carbocycles. The summed E-state index contributed by atoms with van der Waals surface area (Å²) in [7, 11) is 0. The van der Waals surface area contributed by atoms with Crippen LogP contribution in [0.25, 0.3) is 21.9 Å². The lowest BCUT2D eigenvalue weighted by Crippen LogP contribution is -2.41. The maximum Gasteiger partial charge on any atom is 0.287 e. The molecule has 0 aliphatic heterocycles. The first-order chi connectivity index (χ1) is 12.6. The second-order valence-corrected chi connectivity index (χ2v) is 5.97. The van der Waals surface area contributed by atoms with Crippen molar-refractivity contribution < 1.29 is 18.4 Å². The molecule has 0 fully saturated rings. The Kier molecular flexibility index (Phi) is 3.93. The number of para-hydroxylation sites is 1. The number of fused-ring (bicyclic) bond motifs is 3. The number of carbonyl (C=O) groups is 2. The van der Waals surface area contributed by atoms with E-state index in [4.69, 9.17) is 8.83 Å². The number of hydrogen-bond acceptors (Lipinski definition) is 4. The number of benzene rings is 2. The molecule has 0 radical (unpaired) electrons. The van der Waals surface area contributed by atoms with Crippen LogP contribution in [0.3, 0.4) is 0 Å². The minimum atomic E-state index is -0.718. The molecule has 0 unspecified atom stereocenters. The summed E-state index contributed by atoms with van der Waals surface area (Å²) < 4.78 is 10.8. The van der Waals surface area contributed by atoms with Crippen LogP contribution in [-0.4, -0.2) is 17.9 Å². The number of furan rings is 2. The van der Waals surface area contributed by atoms with E-state index in [1.54, 1.807) is 19.1 Å². The zero-order valence-electron chi connectivity index (χ0n) is 14.0. The molecule has 2 aromatic heterocycles. The van der Waals surface area contributed by atoms with Crippen LogP contribution in [0, 0.1) is 0 Å². The highest BCUT2D eigenvalue weighted by Gasteiger charge is 2.18. The van der Waals surface area contributed by atoms with Crippen molar-refractivity contribution in [2.75, 3.05) is 5.32 Å². The van der Waals surface area contributed by atoms with Gasteiger partial charge in [-0.3, -0.25) is 9.59 Å². The molecule has 0 spiro atoms. The fraction of sp³-hybridized carbons (Fsp3) is 0.100. The van der Waals surface area contributed by atoms with E-state index in [0.29, 0.717) is 5.69 Å². The summed E-state index contributed by atoms with van der Waals surface area (Å²) in [5.41, 5.74) is 2.18. The van der Waals surface area contributed by atoms with Crippen LogP contribution in [0.15, 0.2) is 69.7 Å². The van der Waals surface area contributed by atoms with E-state index >= 15 is 0 Å². The van der Waals surface area contributed by atoms with Gasteiger partial charge in [-0.15, -0.1) is 0 Å². The van der Waals surface area contributed by atoms with E-state index in [2.05, 4.69) is 10.6 Å². The molecule has 1 atom stereocenters. The van der Waals surface area contributed by atoms with Gasteiger partial charge in [0.15, 0.2) is 5.76 Å². The van der Waals surface area contributed by atoms with Gasteiger partial charge < -0.3 is 19.5 Å². The Hall–Kier alpha value is -3.54. The van der Waals surface area contributed by atoms with Gasteiger partial charge in [0.1, 0.15) is 17.2 Å². The molecular formula is C20H16N2O4. The van der Waals surface area contributed by atoms with Crippen molar-refractivity contribution in [2.45, 2.75) is 13.0 Å². The highest BCUT2D eigenvalue weighted by Crippen LogP contribution is 2.30. The van der Waals surface area contributed by atoms with E-state index in [-0.39, 0.29) is 11.7 Å². The van der Waals surface area contributed by atoms with Crippen LogP contribution < -0.4 is 10.6 Å². The van der Waals surface area contributed by atoms with Crippen molar-refractivity contribution in [1.82, 2.24) is 5.32 Å². The van der Waals surface area contributed by atoms with E-state index < -0.39 is 11.9 Å². The Morgan fingerprint density at radius 2 is 1.77 bits per heavy atom. The van der Waals surface area contributed by atoms with Crippen LogP contribution in [0.4, 0.5) is 5.69 Å². The maximum atomic E-state index is 12.4. The summed E-state index contributed by atoms with van der Waals surface area (Å²) in [6.07, 6.45) is 1.41. The average molecular weight is 348 g/mol. The van der Waals surface area contributed by atoms with Crippen molar-refractivity contribution in [3.05, 3.63) is 66.6 Å². The Morgan fingerprint density at radius 1 is 0.962 bits per heavy atom. The first-order valence-corrected chi connectivity index (χ1v) is 8.18. The number of hydrogen-bond donors (Lipinski definition) is 2. The zero-order valence-corrected chi connectivity index (χ0v) is 14.0. The quantitative estimate of drug-likeness (QED) is 0.585. The van der Waals surface area contributed by atoms with Gasteiger partial charge >= 0.3 is 0 Å². The highest BCUT2D eigenvalue weighted by atomic mass is 16.3. The molecule has 4 aromatic rings. The van der Waals surface area contributed by atoms with Crippen LogP contribution in [0.2, 0.25) is 0 Å². The molecule has 2 aromatic carbocycles. The van der Waals surface area contributed by atoms with Gasteiger partial charge in [0.2, 0.25) is 5.91 Å². The fourth-order valence-corrected chi connectivity index (χ4v) is 2.80. The topological polar surface area (TPSA) is 84.5 Å². The normalized spacial score (nSPS) is 12.2. The molecule has 0 aliphatic rings. The lowest BCUT2D eigenvalue weighted by molar-refractivity contribution is -0.117. The predicted molar refractivity (Wildman–Crippen MR) is 98.0 cm³/mol. The summed E-state index contributed by atoms with van der Waals surface area (Å²) in [5.74, 6) is -0.595. The predicted octanol–water partition coefficient (Wildman–Crippen LogP) is 3.94. The van der Waals surface area contributed by atoms with Crippen molar-refractivity contribution in [2.24, 2.45) is 0 Å². The van der Waals surface area contributed by atoms with Crippen molar-refractivity contribution in [1.29, 1.82) is 0 Å². The molecule has 0 bridgehead atoms. The molecule has 6 nitrogen and oxygen atoms in total. The third-order valence-electron chi connectivity index (χ3n) is 4.13. The van der Waals surface area contributed by atoms with Gasteiger partial charge in [0, 0.05) is 16.5 Å². The molecule has 26 heavy (non-hydrogen) atoms. The summed E-state index contributed by atoms with van der Waals surface area (Å²) in [4.78, 5) is 24.3. The third-order valence-corrected chi connectivity index (χ3v) is 4.13. The van der Waals surface area contributed by atoms with Crippen LogP contribution in [0.1, 0.15) is 17.5 Å². The van der Waals surface area contributed by atoms with E-state index in [1.807, 2.05) is 36.4 Å². The van der Waals surface area contributed by atoms with Crippen molar-refractivity contribution in [3.63, 3.8) is 0 Å². The van der Waals surface area contributed by atoms with Gasteiger partial charge in [-0.05, 0) is 43.3 Å². The Balaban J connectivity index is 1.51. The van der Waals surface area contributed by atoms with Gasteiger partial charge in [0.25, 0.3) is 5.91 Å². The Morgan fingerprint density at radius 3 is 2.58 bits per heavy atom. The van der Waals surface area contributed by atoms with Gasteiger partial charge in [0.05, 0.1) is 6.26 Å². The Labute approximate surface area is 148 Å². The highest BCUT2D eigenvalue weighted by molar-refractivity contribution is 6.07. The molecule has 2 amide bonds. The molecule has 0 aliphatic carbocycles. The number of anilines is 1. The minimum absolute atomic E-state index is 0.163. The molecule has 130 valence electrons. The molecule has 6 heteroatoms. The van der Waals surface area contributed by atoms with Crippen molar-refractivity contribution in [3.8, 4) is 0 Å². The van der Waals surface area contributed by atoms with Crippen LogP contribution >= 0.6 is 0 Å². The van der Waals surface area contributed by atoms with Crippen LogP contribution in [0.5, 0.6) is 0 Å². The summed E-state index contributed by atoms with van der Waals surface area (Å²) in [6.45, 7) is 1.61. The standard InChI is InChI=1S/C20H16N2O4/c1-12(21-20(24)18-7-4-10-25-18)19(23)22-13-8-9-17-15(11-13)14-5-2-3-6-16(14)26-17/h2-12H,1H3,(H,21,24)(H,22,23)/t12-/m0/s1. The van der Waals surface area contributed by atoms with Gasteiger partial charge in [-0.1, -0.05) is 18.2 Å². The SMILES string of the molecule is C[C@H](NC(=O)c1ccco1)C(=O)Nc1ccc2oc3ccccc3c2c1. The van der Waals surface area contributed by atoms with Gasteiger partial charge in [-0.2, -0.15) is 0 Å². The minimum Gasteiger partial charge on any atom is -0.459 e. The fourth-order valence-electron chi connectivity index (χ4n) is 2.80. The smallest absolute Gasteiger partial charge is 0.287 e. The molecular weight excluding hydrogens is 332 g/mol. The zero-order chi connectivity index (χ0) is 18.1. The van der Waals surface area contributed by atoms with E-state index in [0.717, 1.165) is 21.9 Å². The lowest BCUT2D eigenvalue weighted by atomic mass is 10.1. The molecule has 0 saturated heterocycles. The number of rotatable bonds is 4. The lowest BCUT2D eigenvalue weighted by Gasteiger charge is -2.13. The first kappa shape index (κ1) is 16.0. The third kappa shape index (κ3) is 2.93. The van der Waals surface area contributed by atoms with E-state index in [1.165, 1.54) is 12.3 Å². The second-order valence-electron chi connectivity index (χ2n) is 5.97. The first-order valence-electron chi connectivity index (χ1n) is 8.18. The summed E-state index contributed by atoms with van der Waals surface area (Å²) in [5, 5.41) is 7.32. The Bertz CT molecular complexity index is 1100. The number of nitrogens with one attached hydrogen (secondary N) is 2. The monoisotopic (exact) mass is 348 g/mol. The summed E-state index contributed by atoms with van der Waals surface area (Å²) in [6, 6.07) is 15.6. The molecule has 4 rings (SSSR count). The van der Waals surface area contributed by atoms with Crippen LogP contribution in [-0.2, 0) is 4.79 Å². The molecule has 2 N–H and O–H groups in total. The van der Waals surface area contributed by atoms with E-state index in [9.17, 15) is 9.59 Å². The summed E-state index contributed by atoms with van der Waals surface area (Å²) >= 11 is 0. The second kappa shape index (κ2) is 6.40. The van der Waals surface area contributed by atoms with Crippen molar-refractivity contribution >= 4 is 39.4 Å².